The van der Waals surface area contributed by atoms with Gasteiger partial charge < -0.3 is 15.1 Å². The molecule has 0 amide bonds. The van der Waals surface area contributed by atoms with Gasteiger partial charge in [-0.2, -0.15) is 4.98 Å². The first kappa shape index (κ1) is 25.0. The Balaban J connectivity index is 1.34. The van der Waals surface area contributed by atoms with E-state index in [1.54, 1.807) is 18.3 Å². The van der Waals surface area contributed by atoms with E-state index in [4.69, 9.17) is 4.98 Å². The highest BCUT2D eigenvalue weighted by atomic mass is 32.2. The minimum absolute atomic E-state index is 0.334. The SMILES string of the molecule is CN(C)C1CCN(c2ccc(Nc3ncc4ccn(-c5cccc(N(C)S(C)(=O)=O)n5)c4n3)cc2)CC1. The Morgan fingerprint density at radius 3 is 2.38 bits per heavy atom. The maximum Gasteiger partial charge on any atom is 0.233 e. The number of hydrogen-bond acceptors (Lipinski definition) is 8. The minimum atomic E-state index is -3.42. The van der Waals surface area contributed by atoms with Gasteiger partial charge >= 0.3 is 0 Å². The summed E-state index contributed by atoms with van der Waals surface area (Å²) in [6.07, 6.45) is 7.10. The number of piperidine rings is 1. The lowest BCUT2D eigenvalue weighted by atomic mass is 10.0. The minimum Gasteiger partial charge on any atom is -0.371 e. The van der Waals surface area contributed by atoms with Gasteiger partial charge in [-0.05, 0) is 69.4 Å². The normalized spacial score (nSPS) is 14.9. The van der Waals surface area contributed by atoms with Crippen molar-refractivity contribution in [2.24, 2.45) is 0 Å². The first-order valence-corrected chi connectivity index (χ1v) is 14.1. The summed E-state index contributed by atoms with van der Waals surface area (Å²) >= 11 is 0. The molecule has 194 valence electrons. The summed E-state index contributed by atoms with van der Waals surface area (Å²) in [5.41, 5.74) is 2.79. The van der Waals surface area contributed by atoms with Gasteiger partial charge in [-0.3, -0.25) is 8.87 Å². The molecule has 0 radical (unpaired) electrons. The molecule has 0 atom stereocenters. The molecule has 4 aromatic rings. The highest BCUT2D eigenvalue weighted by molar-refractivity contribution is 7.92. The Labute approximate surface area is 217 Å². The van der Waals surface area contributed by atoms with Crippen LogP contribution < -0.4 is 14.5 Å². The Morgan fingerprint density at radius 2 is 1.70 bits per heavy atom. The van der Waals surface area contributed by atoms with E-state index in [1.165, 1.54) is 25.6 Å². The van der Waals surface area contributed by atoms with Crippen molar-refractivity contribution in [3.8, 4) is 5.82 Å². The standard InChI is InChI=1S/C26H32N8O2S/c1-31(2)21-13-15-33(16-14-21)22-10-8-20(9-11-22)28-26-27-18-19-12-17-34(25(19)30-26)24-7-5-6-23(29-24)32(3)37(4,35)36/h5-12,17-18,21H,13-16H2,1-4H3,(H,27,28,30). The zero-order chi connectivity index (χ0) is 26.2. The first-order valence-electron chi connectivity index (χ1n) is 12.2. The molecule has 1 aliphatic rings. The van der Waals surface area contributed by atoms with Crippen molar-refractivity contribution in [1.82, 2.24) is 24.4 Å². The molecular weight excluding hydrogens is 488 g/mol. The summed E-state index contributed by atoms with van der Waals surface area (Å²) in [7, 11) is 2.37. The number of fused-ring (bicyclic) bond motifs is 1. The number of hydrogen-bond donors (Lipinski definition) is 1. The van der Waals surface area contributed by atoms with Crippen molar-refractivity contribution in [2.45, 2.75) is 18.9 Å². The fourth-order valence-electron chi connectivity index (χ4n) is 4.58. The summed E-state index contributed by atoms with van der Waals surface area (Å²) in [6.45, 7) is 2.11. The number of nitrogens with one attached hydrogen (secondary N) is 1. The summed E-state index contributed by atoms with van der Waals surface area (Å²) in [5, 5.41) is 4.15. The van der Waals surface area contributed by atoms with Crippen LogP contribution in [-0.2, 0) is 10.0 Å². The number of nitrogens with zero attached hydrogens (tertiary/aromatic N) is 7. The van der Waals surface area contributed by atoms with Crippen molar-refractivity contribution in [1.29, 1.82) is 0 Å². The van der Waals surface area contributed by atoms with Crippen LogP contribution in [-0.4, -0.2) is 79.4 Å². The lowest BCUT2D eigenvalue weighted by molar-refractivity contribution is 0.249. The molecule has 5 rings (SSSR count). The zero-order valence-corrected chi connectivity index (χ0v) is 22.4. The number of aromatic nitrogens is 4. The number of anilines is 4. The lowest BCUT2D eigenvalue weighted by Gasteiger charge is -2.36. The molecule has 1 saturated heterocycles. The molecule has 0 bridgehead atoms. The van der Waals surface area contributed by atoms with E-state index in [2.05, 4.69) is 51.3 Å². The smallest absolute Gasteiger partial charge is 0.233 e. The molecular formula is C26H32N8O2S. The van der Waals surface area contributed by atoms with Gasteiger partial charge in [0.15, 0.2) is 5.65 Å². The maximum absolute atomic E-state index is 12.0. The van der Waals surface area contributed by atoms with Gasteiger partial charge in [0.25, 0.3) is 0 Å². The van der Waals surface area contributed by atoms with Gasteiger partial charge in [-0.15, -0.1) is 0 Å². The number of pyridine rings is 1. The number of rotatable bonds is 7. The monoisotopic (exact) mass is 520 g/mol. The number of sulfonamides is 1. The van der Waals surface area contributed by atoms with Gasteiger partial charge in [0, 0.05) is 55.3 Å². The highest BCUT2D eigenvalue weighted by Crippen LogP contribution is 2.25. The van der Waals surface area contributed by atoms with Gasteiger partial charge in [-0.25, -0.2) is 18.4 Å². The average molecular weight is 521 g/mol. The predicted octanol–water partition coefficient (Wildman–Crippen LogP) is 3.49. The maximum atomic E-state index is 12.0. The third-order valence-corrected chi connectivity index (χ3v) is 8.08. The first-order chi connectivity index (χ1) is 17.7. The van der Waals surface area contributed by atoms with Crippen LogP contribution in [0.25, 0.3) is 16.9 Å². The van der Waals surface area contributed by atoms with Gasteiger partial charge in [0.2, 0.25) is 16.0 Å². The van der Waals surface area contributed by atoms with Crippen LogP contribution in [0.3, 0.4) is 0 Å². The van der Waals surface area contributed by atoms with Crippen molar-refractivity contribution >= 4 is 44.2 Å². The second-order valence-electron chi connectivity index (χ2n) is 9.60. The molecule has 37 heavy (non-hydrogen) atoms. The fourth-order valence-corrected chi connectivity index (χ4v) is 5.02. The van der Waals surface area contributed by atoms with Gasteiger partial charge in [0.1, 0.15) is 11.6 Å². The van der Waals surface area contributed by atoms with E-state index in [-0.39, 0.29) is 0 Å². The van der Waals surface area contributed by atoms with E-state index in [1.807, 2.05) is 35.0 Å². The quantitative estimate of drug-likeness (QED) is 0.395. The third kappa shape index (κ3) is 5.37. The molecule has 10 nitrogen and oxygen atoms in total. The largest absolute Gasteiger partial charge is 0.371 e. The van der Waals surface area contributed by atoms with Crippen LogP contribution >= 0.6 is 0 Å². The average Bonchev–Trinajstić information content (AvgIpc) is 3.32. The molecule has 4 heterocycles. The van der Waals surface area contributed by atoms with Crippen LogP contribution in [0.1, 0.15) is 12.8 Å². The highest BCUT2D eigenvalue weighted by Gasteiger charge is 2.21. The topological polar surface area (TPSA) is 99.5 Å². The lowest BCUT2D eigenvalue weighted by Crippen LogP contribution is -2.41. The predicted molar refractivity (Wildman–Crippen MR) is 149 cm³/mol. The Hall–Kier alpha value is -3.70. The Bertz CT molecular complexity index is 1490. The van der Waals surface area contributed by atoms with Crippen LogP contribution in [0.5, 0.6) is 0 Å². The molecule has 0 aliphatic carbocycles. The van der Waals surface area contributed by atoms with Crippen LogP contribution in [0.15, 0.2) is 60.9 Å². The van der Waals surface area contributed by atoms with Crippen LogP contribution in [0, 0.1) is 0 Å². The van der Waals surface area contributed by atoms with E-state index in [0.29, 0.717) is 29.3 Å². The zero-order valence-electron chi connectivity index (χ0n) is 21.5. The number of benzene rings is 1. The molecule has 1 aliphatic heterocycles. The van der Waals surface area contributed by atoms with Crippen molar-refractivity contribution in [3.63, 3.8) is 0 Å². The van der Waals surface area contributed by atoms with Crippen molar-refractivity contribution in [2.75, 3.05) is 55.0 Å². The van der Waals surface area contributed by atoms with Crippen LogP contribution in [0.4, 0.5) is 23.1 Å². The third-order valence-electron chi connectivity index (χ3n) is 6.90. The van der Waals surface area contributed by atoms with E-state index in [9.17, 15) is 8.42 Å². The summed E-state index contributed by atoms with van der Waals surface area (Å²) in [4.78, 5) is 18.5. The molecule has 1 aromatic carbocycles. The molecule has 0 saturated carbocycles. The molecule has 1 N–H and O–H groups in total. The van der Waals surface area contributed by atoms with E-state index in [0.717, 1.165) is 34.7 Å². The molecule has 0 unspecified atom stereocenters. The molecule has 0 spiro atoms. The van der Waals surface area contributed by atoms with E-state index >= 15 is 0 Å². The van der Waals surface area contributed by atoms with Gasteiger partial charge in [0.05, 0.1) is 6.26 Å². The molecule has 11 heteroatoms. The van der Waals surface area contributed by atoms with Crippen LogP contribution in [0.2, 0.25) is 0 Å². The van der Waals surface area contributed by atoms with Crippen molar-refractivity contribution in [3.05, 3.63) is 60.9 Å². The van der Waals surface area contributed by atoms with E-state index < -0.39 is 10.0 Å². The van der Waals surface area contributed by atoms with Gasteiger partial charge in [-0.1, -0.05) is 6.07 Å². The second kappa shape index (κ2) is 9.98. The summed E-state index contributed by atoms with van der Waals surface area (Å²) < 4.78 is 26.9. The summed E-state index contributed by atoms with van der Waals surface area (Å²) in [5.74, 6) is 1.37. The fraction of sp³-hybridized carbons (Fsp3) is 0.346. The second-order valence-corrected chi connectivity index (χ2v) is 11.6. The molecule has 3 aromatic heterocycles. The Kier molecular flexibility index (Phi) is 6.74. The molecule has 1 fully saturated rings. The van der Waals surface area contributed by atoms with Crippen molar-refractivity contribution < 1.29 is 8.42 Å². The Morgan fingerprint density at radius 1 is 0.973 bits per heavy atom. The summed E-state index contributed by atoms with van der Waals surface area (Å²) in [6, 6.07) is 16.2.